The van der Waals surface area contributed by atoms with Gasteiger partial charge in [0.05, 0.1) is 23.0 Å². The van der Waals surface area contributed by atoms with E-state index in [1.807, 2.05) is 0 Å². The predicted molar refractivity (Wildman–Crippen MR) is 80.8 cm³/mol. The molecule has 0 saturated carbocycles. The van der Waals surface area contributed by atoms with Crippen molar-refractivity contribution in [3.8, 4) is 34.3 Å². The molecule has 1 heterocycles. The molecule has 0 amide bonds. The van der Waals surface area contributed by atoms with Crippen molar-refractivity contribution in [2.45, 2.75) is 6.43 Å². The Morgan fingerprint density at radius 1 is 1.09 bits per heavy atom. The number of alkyl halides is 2. The van der Waals surface area contributed by atoms with Crippen molar-refractivity contribution >= 4 is 0 Å². The molecule has 0 aliphatic carbocycles. The van der Waals surface area contributed by atoms with Gasteiger partial charge in [0, 0.05) is 16.7 Å². The van der Waals surface area contributed by atoms with Crippen LogP contribution in [0.3, 0.4) is 0 Å². The first-order valence-corrected chi connectivity index (χ1v) is 6.76. The summed E-state index contributed by atoms with van der Waals surface area (Å²) in [4.78, 5) is 0. The van der Waals surface area contributed by atoms with Crippen molar-refractivity contribution in [3.05, 3.63) is 59.7 Å². The number of halogens is 2. The van der Waals surface area contributed by atoms with Crippen LogP contribution in [0.4, 0.5) is 8.78 Å². The molecule has 1 aromatic heterocycles. The Labute approximate surface area is 130 Å². The van der Waals surface area contributed by atoms with Gasteiger partial charge >= 0.3 is 0 Å². The van der Waals surface area contributed by atoms with Gasteiger partial charge in [-0.2, -0.15) is 10.4 Å². The maximum Gasteiger partial charge on any atom is 0.263 e. The molecule has 0 fully saturated rings. The molecule has 4 nitrogen and oxygen atoms in total. The van der Waals surface area contributed by atoms with Crippen LogP contribution in [0.2, 0.25) is 0 Å². The lowest BCUT2D eigenvalue weighted by atomic mass is 10.0. The third-order valence-corrected chi connectivity index (χ3v) is 3.46. The molecule has 2 aromatic carbocycles. The molecule has 114 valence electrons. The summed E-state index contributed by atoms with van der Waals surface area (Å²) in [5.41, 5.74) is 2.03. The summed E-state index contributed by atoms with van der Waals surface area (Å²) in [5.74, 6) is -0.138. The van der Waals surface area contributed by atoms with Crippen molar-refractivity contribution in [2.75, 3.05) is 0 Å². The average molecular weight is 311 g/mol. The van der Waals surface area contributed by atoms with Gasteiger partial charge in [0.15, 0.2) is 0 Å². The van der Waals surface area contributed by atoms with E-state index in [4.69, 9.17) is 5.26 Å². The molecule has 0 aliphatic rings. The first-order valence-electron chi connectivity index (χ1n) is 6.76. The number of aromatic hydroxyl groups is 1. The van der Waals surface area contributed by atoms with E-state index in [1.165, 1.54) is 18.2 Å². The molecular formula is C17H11F2N3O. The lowest BCUT2D eigenvalue weighted by molar-refractivity contribution is 0.151. The Balaban J connectivity index is 2.06. The monoisotopic (exact) mass is 311 g/mol. The Kier molecular flexibility index (Phi) is 3.77. The molecular weight excluding hydrogens is 300 g/mol. The second-order valence-corrected chi connectivity index (χ2v) is 4.90. The lowest BCUT2D eigenvalue weighted by Gasteiger charge is -2.04. The van der Waals surface area contributed by atoms with E-state index >= 15 is 0 Å². The number of hydrogen-bond acceptors (Lipinski definition) is 3. The molecule has 3 rings (SSSR count). The van der Waals surface area contributed by atoms with Gasteiger partial charge < -0.3 is 5.11 Å². The third-order valence-electron chi connectivity index (χ3n) is 3.46. The van der Waals surface area contributed by atoms with Crippen LogP contribution in [0.1, 0.15) is 17.6 Å². The van der Waals surface area contributed by atoms with Crippen molar-refractivity contribution < 1.29 is 13.9 Å². The van der Waals surface area contributed by atoms with Gasteiger partial charge in [0.1, 0.15) is 5.75 Å². The number of aromatic amines is 1. The highest BCUT2D eigenvalue weighted by Gasteiger charge is 2.15. The number of hydrogen-bond donors (Lipinski definition) is 2. The number of rotatable bonds is 3. The molecule has 0 saturated heterocycles. The van der Waals surface area contributed by atoms with Crippen LogP contribution in [0.25, 0.3) is 22.5 Å². The smallest absolute Gasteiger partial charge is 0.263 e. The van der Waals surface area contributed by atoms with Gasteiger partial charge in [0.2, 0.25) is 0 Å². The van der Waals surface area contributed by atoms with Crippen LogP contribution < -0.4 is 0 Å². The third kappa shape index (κ3) is 2.77. The summed E-state index contributed by atoms with van der Waals surface area (Å²) in [6, 6.07) is 14.2. The zero-order valence-electron chi connectivity index (χ0n) is 11.8. The number of nitrogens with one attached hydrogen (secondary N) is 1. The minimum absolute atomic E-state index is 0.138. The maximum absolute atomic E-state index is 12.8. The fourth-order valence-corrected chi connectivity index (χ4v) is 2.31. The van der Waals surface area contributed by atoms with Crippen LogP contribution in [0, 0.1) is 11.3 Å². The van der Waals surface area contributed by atoms with Crippen LogP contribution in [0.15, 0.2) is 48.5 Å². The molecule has 0 radical (unpaired) electrons. The standard InChI is InChI=1S/C17H11F2N3O/c18-17(19)10-5-6-16(23)13(7-10)15-8-14(21-22-15)12-4-2-1-3-11(12)9-20/h1-8,17,23H,(H,21,22). The number of phenolic OH excluding ortho intramolecular Hbond substituents is 1. The van der Waals surface area contributed by atoms with E-state index in [2.05, 4.69) is 16.3 Å². The van der Waals surface area contributed by atoms with Crippen molar-refractivity contribution in [1.82, 2.24) is 10.2 Å². The number of phenols is 1. The van der Waals surface area contributed by atoms with E-state index in [9.17, 15) is 13.9 Å². The van der Waals surface area contributed by atoms with Gasteiger partial charge in [-0.3, -0.25) is 5.10 Å². The summed E-state index contributed by atoms with van der Waals surface area (Å²) in [6.45, 7) is 0. The summed E-state index contributed by atoms with van der Waals surface area (Å²) in [6.07, 6.45) is -2.63. The molecule has 0 spiro atoms. The molecule has 0 bridgehead atoms. The highest BCUT2D eigenvalue weighted by Crippen LogP contribution is 2.34. The molecule has 23 heavy (non-hydrogen) atoms. The van der Waals surface area contributed by atoms with Crippen LogP contribution in [-0.2, 0) is 0 Å². The van der Waals surface area contributed by atoms with E-state index in [0.717, 1.165) is 0 Å². The van der Waals surface area contributed by atoms with Crippen molar-refractivity contribution in [1.29, 1.82) is 5.26 Å². The van der Waals surface area contributed by atoms with Crippen LogP contribution in [-0.4, -0.2) is 15.3 Å². The van der Waals surface area contributed by atoms with Crippen LogP contribution in [0.5, 0.6) is 5.75 Å². The molecule has 0 aliphatic heterocycles. The molecule has 6 heteroatoms. The van der Waals surface area contributed by atoms with Crippen molar-refractivity contribution in [2.24, 2.45) is 0 Å². The number of H-pyrrole nitrogens is 1. The van der Waals surface area contributed by atoms with Gasteiger partial charge in [-0.25, -0.2) is 8.78 Å². The van der Waals surface area contributed by atoms with Crippen molar-refractivity contribution in [3.63, 3.8) is 0 Å². The van der Waals surface area contributed by atoms with Gasteiger partial charge in [0.25, 0.3) is 6.43 Å². The molecule has 2 N–H and O–H groups in total. The summed E-state index contributed by atoms with van der Waals surface area (Å²) in [7, 11) is 0. The molecule has 3 aromatic rings. The molecule has 0 unspecified atom stereocenters. The second-order valence-electron chi connectivity index (χ2n) is 4.90. The summed E-state index contributed by atoms with van der Waals surface area (Å²) >= 11 is 0. The topological polar surface area (TPSA) is 72.7 Å². The largest absolute Gasteiger partial charge is 0.507 e. The minimum Gasteiger partial charge on any atom is -0.507 e. The Morgan fingerprint density at radius 3 is 2.61 bits per heavy atom. The van der Waals surface area contributed by atoms with E-state index < -0.39 is 6.43 Å². The fourth-order valence-electron chi connectivity index (χ4n) is 2.31. The Morgan fingerprint density at radius 2 is 1.87 bits per heavy atom. The first kappa shape index (κ1) is 14.7. The van der Waals surface area contributed by atoms with Gasteiger partial charge in [-0.1, -0.05) is 18.2 Å². The average Bonchev–Trinajstić information content (AvgIpc) is 3.04. The number of benzene rings is 2. The van der Waals surface area contributed by atoms with Crippen LogP contribution >= 0.6 is 0 Å². The number of nitriles is 1. The second kappa shape index (κ2) is 5.89. The summed E-state index contributed by atoms with van der Waals surface area (Å²) < 4.78 is 25.6. The van der Waals surface area contributed by atoms with Gasteiger partial charge in [-0.15, -0.1) is 0 Å². The minimum atomic E-state index is -2.63. The summed E-state index contributed by atoms with van der Waals surface area (Å²) in [5, 5.41) is 25.9. The van der Waals surface area contributed by atoms with Gasteiger partial charge in [-0.05, 0) is 30.3 Å². The number of nitrogens with zero attached hydrogens (tertiary/aromatic N) is 2. The quantitative estimate of drug-likeness (QED) is 0.759. The highest BCUT2D eigenvalue weighted by molar-refractivity contribution is 5.74. The molecule has 0 atom stereocenters. The predicted octanol–water partition coefficient (Wildman–Crippen LogP) is 4.26. The zero-order chi connectivity index (χ0) is 16.4. The Bertz CT molecular complexity index is 897. The Hall–Kier alpha value is -3.20. The van der Waals surface area contributed by atoms with E-state index in [0.29, 0.717) is 22.5 Å². The first-order chi connectivity index (χ1) is 11.1. The lowest BCUT2D eigenvalue weighted by Crippen LogP contribution is -1.86. The fraction of sp³-hybridized carbons (Fsp3) is 0.0588. The number of aromatic nitrogens is 2. The van der Waals surface area contributed by atoms with E-state index in [1.54, 1.807) is 30.3 Å². The normalized spacial score (nSPS) is 10.7. The maximum atomic E-state index is 12.8. The SMILES string of the molecule is N#Cc1ccccc1-c1cc(-c2cc(C(F)F)ccc2O)n[nH]1. The highest BCUT2D eigenvalue weighted by atomic mass is 19.3. The van der Waals surface area contributed by atoms with E-state index in [-0.39, 0.29) is 16.9 Å². The zero-order valence-corrected chi connectivity index (χ0v) is 11.8.